The number of nitrogens with one attached hydrogen (secondary N) is 1. The number of nitrogens with zero attached hydrogens (tertiary/aromatic N) is 3. The molecule has 0 aliphatic heterocycles. The zero-order valence-corrected chi connectivity index (χ0v) is 24.2. The molecule has 0 atom stereocenters. The van der Waals surface area contributed by atoms with Crippen molar-refractivity contribution in [2.75, 3.05) is 18.5 Å². The highest BCUT2D eigenvalue weighted by atomic mass is 127. The summed E-state index contributed by atoms with van der Waals surface area (Å²) in [7, 11) is 0. The van der Waals surface area contributed by atoms with Crippen LogP contribution in [0.5, 0.6) is 11.5 Å². The third-order valence-corrected chi connectivity index (χ3v) is 6.60. The van der Waals surface area contributed by atoms with Crippen LogP contribution in [0.25, 0.3) is 10.9 Å². The minimum atomic E-state index is -0.449. The van der Waals surface area contributed by atoms with Gasteiger partial charge in [-0.3, -0.25) is 9.59 Å². The van der Waals surface area contributed by atoms with Crippen molar-refractivity contribution in [3.63, 3.8) is 0 Å². The van der Waals surface area contributed by atoms with Crippen molar-refractivity contribution in [3.8, 4) is 11.5 Å². The molecule has 0 aliphatic carbocycles. The molecule has 0 saturated heterocycles. The van der Waals surface area contributed by atoms with Gasteiger partial charge in [0, 0.05) is 16.6 Å². The molecule has 11 heteroatoms. The van der Waals surface area contributed by atoms with Crippen molar-refractivity contribution in [2.45, 2.75) is 20.3 Å². The van der Waals surface area contributed by atoms with Gasteiger partial charge in [-0.15, -0.1) is 0 Å². The quantitative estimate of drug-likeness (QED) is 0.178. The monoisotopic (exact) mass is 692 g/mol. The molecule has 0 spiro atoms. The van der Waals surface area contributed by atoms with E-state index in [1.54, 1.807) is 36.5 Å². The van der Waals surface area contributed by atoms with Gasteiger partial charge < -0.3 is 14.8 Å². The van der Waals surface area contributed by atoms with Gasteiger partial charge in [0.05, 0.1) is 27.3 Å². The van der Waals surface area contributed by atoms with Crippen LogP contribution < -0.4 is 20.3 Å². The molecule has 0 bridgehead atoms. The first-order valence-corrected chi connectivity index (χ1v) is 13.6. The third-order valence-electron chi connectivity index (χ3n) is 5.30. The van der Waals surface area contributed by atoms with Gasteiger partial charge in [0.25, 0.3) is 11.5 Å². The number of fused-ring (bicyclic) bond motifs is 1. The van der Waals surface area contributed by atoms with Crippen LogP contribution in [0.4, 0.5) is 10.1 Å². The van der Waals surface area contributed by atoms with Gasteiger partial charge in [-0.1, -0.05) is 28.9 Å². The van der Waals surface area contributed by atoms with Crippen molar-refractivity contribution in [1.29, 1.82) is 0 Å². The lowest BCUT2D eigenvalue weighted by Crippen LogP contribution is -2.22. The van der Waals surface area contributed by atoms with Crippen molar-refractivity contribution in [3.05, 3.63) is 90.2 Å². The zero-order chi connectivity index (χ0) is 27.2. The van der Waals surface area contributed by atoms with Crippen molar-refractivity contribution in [1.82, 2.24) is 9.66 Å². The summed E-state index contributed by atoms with van der Waals surface area (Å²) in [5.41, 5.74) is 1.34. The summed E-state index contributed by atoms with van der Waals surface area (Å²) in [6.45, 7) is 3.81. The van der Waals surface area contributed by atoms with Crippen LogP contribution in [0.1, 0.15) is 25.2 Å². The standard InChI is InChI=1S/C27H23BrFIN4O4/c1-3-24-33-22-9-8-17(28)12-20(22)27(36)34(24)31-14-16-10-21(30)26(23(11-16)37-4-2)38-15-25(35)32-19-7-5-6-18(29)13-19/h5-14H,3-4,15H2,1-2H3,(H,32,35). The van der Waals surface area contributed by atoms with E-state index in [0.717, 1.165) is 4.47 Å². The van der Waals surface area contributed by atoms with Crippen LogP contribution >= 0.6 is 38.5 Å². The van der Waals surface area contributed by atoms with Gasteiger partial charge in [0.15, 0.2) is 18.1 Å². The average Bonchev–Trinajstić information content (AvgIpc) is 2.88. The molecule has 0 fully saturated rings. The van der Waals surface area contributed by atoms with Gasteiger partial charge in [0.2, 0.25) is 0 Å². The number of carbonyl (C=O) groups excluding carboxylic acids is 1. The first-order chi connectivity index (χ1) is 18.3. The van der Waals surface area contributed by atoms with Crippen LogP contribution in [-0.4, -0.2) is 35.0 Å². The SMILES string of the molecule is CCOc1cc(C=Nn2c(CC)nc3ccc(Br)cc3c2=O)cc(I)c1OCC(=O)Nc1cccc(F)c1. The maximum atomic E-state index is 13.4. The predicted octanol–water partition coefficient (Wildman–Crippen LogP) is 5.76. The molecule has 3 aromatic carbocycles. The van der Waals surface area contributed by atoms with Gasteiger partial charge in [0.1, 0.15) is 11.6 Å². The number of anilines is 1. The first kappa shape index (κ1) is 27.7. The van der Waals surface area contributed by atoms with E-state index in [0.29, 0.717) is 56.1 Å². The minimum absolute atomic E-state index is 0.270. The number of benzene rings is 3. The molecule has 0 unspecified atom stereocenters. The summed E-state index contributed by atoms with van der Waals surface area (Å²) >= 11 is 5.48. The fourth-order valence-corrected chi connectivity index (χ4v) is 4.78. The fourth-order valence-electron chi connectivity index (χ4n) is 3.63. The number of halogens is 3. The summed E-state index contributed by atoms with van der Waals surface area (Å²) in [6.07, 6.45) is 2.07. The molecule has 4 rings (SSSR count). The second-order valence-electron chi connectivity index (χ2n) is 8.01. The second kappa shape index (κ2) is 12.5. The third kappa shape index (κ3) is 6.57. The summed E-state index contributed by atoms with van der Waals surface area (Å²) in [6, 6.07) is 14.5. The van der Waals surface area contributed by atoms with E-state index >= 15 is 0 Å². The summed E-state index contributed by atoms with van der Waals surface area (Å²) in [5.74, 6) is 0.451. The number of aromatic nitrogens is 2. The van der Waals surface area contributed by atoms with Crippen LogP contribution in [0.15, 0.2) is 69.0 Å². The average molecular weight is 693 g/mol. The Morgan fingerprint density at radius 2 is 2.00 bits per heavy atom. The molecule has 1 aromatic heterocycles. The van der Waals surface area contributed by atoms with Gasteiger partial charge in [-0.25, -0.2) is 9.37 Å². The topological polar surface area (TPSA) is 94.8 Å². The molecule has 0 radical (unpaired) electrons. The number of hydrogen-bond donors (Lipinski definition) is 1. The first-order valence-electron chi connectivity index (χ1n) is 11.7. The van der Waals surface area contributed by atoms with Gasteiger partial charge in [-0.2, -0.15) is 9.78 Å². The van der Waals surface area contributed by atoms with Crippen LogP contribution in [-0.2, 0) is 11.2 Å². The Morgan fingerprint density at radius 3 is 2.74 bits per heavy atom. The number of amides is 1. The van der Waals surface area contributed by atoms with E-state index in [9.17, 15) is 14.0 Å². The molecule has 1 amide bonds. The molecular weight excluding hydrogens is 670 g/mol. The van der Waals surface area contributed by atoms with Crippen molar-refractivity contribution < 1.29 is 18.7 Å². The molecule has 196 valence electrons. The molecule has 0 saturated carbocycles. The highest BCUT2D eigenvalue weighted by molar-refractivity contribution is 14.1. The maximum Gasteiger partial charge on any atom is 0.282 e. The second-order valence-corrected chi connectivity index (χ2v) is 10.1. The van der Waals surface area contributed by atoms with Crippen LogP contribution in [0, 0.1) is 9.39 Å². The predicted molar refractivity (Wildman–Crippen MR) is 157 cm³/mol. The number of rotatable bonds is 9. The highest BCUT2D eigenvalue weighted by Gasteiger charge is 2.15. The number of hydrogen-bond acceptors (Lipinski definition) is 6. The Balaban J connectivity index is 1.59. The zero-order valence-electron chi connectivity index (χ0n) is 20.5. The van der Waals surface area contributed by atoms with Crippen molar-refractivity contribution in [2.24, 2.45) is 5.10 Å². The highest BCUT2D eigenvalue weighted by Crippen LogP contribution is 2.34. The molecule has 8 nitrogen and oxygen atoms in total. The van der Waals surface area contributed by atoms with Crippen LogP contribution in [0.3, 0.4) is 0 Å². The van der Waals surface area contributed by atoms with E-state index in [1.807, 2.05) is 19.9 Å². The van der Waals surface area contributed by atoms with Gasteiger partial charge >= 0.3 is 0 Å². The van der Waals surface area contributed by atoms with E-state index in [2.05, 4.69) is 53.9 Å². The normalized spacial score (nSPS) is 11.2. The minimum Gasteiger partial charge on any atom is -0.490 e. The molecule has 1 N–H and O–H groups in total. The summed E-state index contributed by atoms with van der Waals surface area (Å²) in [4.78, 5) is 30.1. The number of carbonyl (C=O) groups is 1. The maximum absolute atomic E-state index is 13.4. The number of ether oxygens (including phenoxy) is 2. The van der Waals surface area contributed by atoms with E-state index in [-0.39, 0.29) is 12.2 Å². The number of aryl methyl sites for hydroxylation is 1. The molecule has 1 heterocycles. The lowest BCUT2D eigenvalue weighted by Gasteiger charge is -2.15. The lowest BCUT2D eigenvalue weighted by molar-refractivity contribution is -0.118. The summed E-state index contributed by atoms with van der Waals surface area (Å²) in [5, 5.41) is 7.49. The van der Waals surface area contributed by atoms with E-state index in [1.165, 1.54) is 22.9 Å². The van der Waals surface area contributed by atoms with Crippen LogP contribution in [0.2, 0.25) is 0 Å². The molecule has 38 heavy (non-hydrogen) atoms. The fraction of sp³-hybridized carbons (Fsp3) is 0.185. The Kier molecular flexibility index (Phi) is 9.10. The Bertz CT molecular complexity index is 1590. The molecular formula is C27H23BrFIN4O4. The lowest BCUT2D eigenvalue weighted by atomic mass is 10.2. The Morgan fingerprint density at radius 1 is 1.18 bits per heavy atom. The van der Waals surface area contributed by atoms with E-state index in [4.69, 9.17) is 9.47 Å². The molecule has 4 aromatic rings. The smallest absolute Gasteiger partial charge is 0.282 e. The molecule has 0 aliphatic rings. The Hall–Kier alpha value is -3.32. The Labute approximate surface area is 240 Å². The largest absolute Gasteiger partial charge is 0.490 e. The van der Waals surface area contributed by atoms with Crippen molar-refractivity contribution >= 4 is 67.2 Å². The van der Waals surface area contributed by atoms with E-state index < -0.39 is 11.7 Å². The van der Waals surface area contributed by atoms with Gasteiger partial charge in [-0.05, 0) is 83.6 Å². The summed E-state index contributed by atoms with van der Waals surface area (Å²) < 4.78 is 27.7.